The van der Waals surface area contributed by atoms with Crippen LogP contribution in [0.15, 0.2) is 66.0 Å². The van der Waals surface area contributed by atoms with Gasteiger partial charge in [0.25, 0.3) is 17.5 Å². The van der Waals surface area contributed by atoms with Gasteiger partial charge in [-0.2, -0.15) is 0 Å². The van der Waals surface area contributed by atoms with Gasteiger partial charge < -0.3 is 4.90 Å². The highest BCUT2D eigenvalue weighted by Crippen LogP contribution is 2.29. The van der Waals surface area contributed by atoms with E-state index in [9.17, 15) is 24.5 Å². The number of nitrogens with zero attached hydrogens (tertiary/aromatic N) is 3. The monoisotopic (exact) mass is 561 g/mol. The van der Waals surface area contributed by atoms with Crippen molar-refractivity contribution in [2.75, 3.05) is 4.90 Å². The summed E-state index contributed by atoms with van der Waals surface area (Å²) < 4.78 is 0.967. The molecule has 0 saturated carbocycles. The Morgan fingerprint density at radius 2 is 1.81 bits per heavy atom. The van der Waals surface area contributed by atoms with Crippen LogP contribution in [0.5, 0.6) is 0 Å². The molecule has 1 saturated heterocycles. The third-order valence-corrected chi connectivity index (χ3v) is 6.66. The number of carbonyl (C=O) groups excluding carboxylic acids is 3. The molecule has 3 aromatic rings. The molecule has 0 spiro atoms. The largest absolute Gasteiger partial charge is 0.321 e. The van der Waals surface area contributed by atoms with E-state index in [0.717, 1.165) is 13.3 Å². The zero-order valence-corrected chi connectivity index (χ0v) is 19.5. The van der Waals surface area contributed by atoms with Crippen molar-refractivity contribution in [1.29, 1.82) is 0 Å². The molecule has 32 heavy (non-hydrogen) atoms. The van der Waals surface area contributed by atoms with Crippen LogP contribution >= 0.6 is 33.9 Å². The van der Waals surface area contributed by atoms with Gasteiger partial charge in [0.2, 0.25) is 5.91 Å². The van der Waals surface area contributed by atoms with E-state index in [2.05, 4.69) is 22.6 Å². The molecule has 0 radical (unpaired) electrons. The molecular weight excluding hydrogens is 545 g/mol. The molecule has 0 aliphatic carbocycles. The fourth-order valence-corrected chi connectivity index (χ4v) is 4.57. The van der Waals surface area contributed by atoms with Gasteiger partial charge in [-0.15, -0.1) is 11.3 Å². The van der Waals surface area contributed by atoms with Crippen molar-refractivity contribution in [3.63, 3.8) is 0 Å². The van der Waals surface area contributed by atoms with E-state index in [1.165, 1.54) is 40.5 Å². The summed E-state index contributed by atoms with van der Waals surface area (Å²) in [4.78, 5) is 53.1. The molecule has 8 nitrogen and oxygen atoms in total. The van der Waals surface area contributed by atoms with Gasteiger partial charge in [0.05, 0.1) is 23.6 Å². The van der Waals surface area contributed by atoms with Gasteiger partial charge in [-0.3, -0.25) is 24.5 Å². The van der Waals surface area contributed by atoms with Crippen LogP contribution in [0.2, 0.25) is 0 Å². The van der Waals surface area contributed by atoms with Crippen LogP contribution in [-0.2, 0) is 16.1 Å². The van der Waals surface area contributed by atoms with Crippen LogP contribution < -0.4 is 4.90 Å². The molecule has 2 aromatic carbocycles. The van der Waals surface area contributed by atoms with Crippen molar-refractivity contribution in [3.8, 4) is 0 Å². The summed E-state index contributed by atoms with van der Waals surface area (Å²) in [5, 5.41) is 12.8. The Hall–Kier alpha value is -3.12. The molecule has 0 N–H and O–H groups in total. The number of halogens is 1. The lowest BCUT2D eigenvalue weighted by Crippen LogP contribution is -2.45. The average molecular weight is 561 g/mol. The fraction of sp³-hybridized carbons (Fsp3) is 0.136. The Balaban J connectivity index is 1.66. The Morgan fingerprint density at radius 1 is 1.12 bits per heavy atom. The lowest BCUT2D eigenvalue weighted by atomic mass is 10.1. The highest BCUT2D eigenvalue weighted by Gasteiger charge is 2.44. The summed E-state index contributed by atoms with van der Waals surface area (Å²) in [6, 6.07) is 14.9. The number of hydrogen-bond acceptors (Lipinski definition) is 6. The minimum atomic E-state index is -0.966. The third kappa shape index (κ3) is 4.41. The van der Waals surface area contributed by atoms with E-state index < -0.39 is 22.8 Å². The van der Waals surface area contributed by atoms with Crippen molar-refractivity contribution in [2.45, 2.75) is 19.0 Å². The van der Waals surface area contributed by atoms with E-state index in [-0.39, 0.29) is 30.1 Å². The lowest BCUT2D eigenvalue weighted by molar-refractivity contribution is -0.384. The van der Waals surface area contributed by atoms with Crippen LogP contribution in [0.4, 0.5) is 11.4 Å². The van der Waals surface area contributed by atoms with Crippen LogP contribution in [0.1, 0.15) is 21.7 Å². The van der Waals surface area contributed by atoms with Crippen molar-refractivity contribution in [2.24, 2.45) is 0 Å². The first-order valence-corrected chi connectivity index (χ1v) is 11.5. The number of nitro groups is 1. The van der Waals surface area contributed by atoms with Crippen molar-refractivity contribution in [3.05, 3.63) is 90.2 Å². The van der Waals surface area contributed by atoms with Crippen LogP contribution in [0, 0.1) is 13.7 Å². The van der Waals surface area contributed by atoms with Crippen LogP contribution in [0.25, 0.3) is 0 Å². The van der Waals surface area contributed by atoms with E-state index >= 15 is 0 Å². The smallest absolute Gasteiger partial charge is 0.269 e. The van der Waals surface area contributed by atoms with E-state index in [4.69, 9.17) is 0 Å². The number of imide groups is 1. The van der Waals surface area contributed by atoms with Crippen molar-refractivity contribution in [1.82, 2.24) is 4.90 Å². The average Bonchev–Trinajstić information content (AvgIpc) is 3.40. The summed E-state index contributed by atoms with van der Waals surface area (Å²) in [5.41, 5.74) is 0.533. The van der Waals surface area contributed by atoms with Gasteiger partial charge in [-0.25, -0.2) is 4.90 Å². The number of hydrogen-bond donors (Lipinski definition) is 0. The van der Waals surface area contributed by atoms with Gasteiger partial charge in [0.1, 0.15) is 6.04 Å². The predicted octanol–water partition coefficient (Wildman–Crippen LogP) is 4.24. The number of rotatable bonds is 6. The van der Waals surface area contributed by atoms with Gasteiger partial charge in [0, 0.05) is 26.1 Å². The van der Waals surface area contributed by atoms with E-state index in [0.29, 0.717) is 5.69 Å². The van der Waals surface area contributed by atoms with E-state index in [1.807, 2.05) is 17.5 Å². The molecule has 3 amide bonds. The zero-order chi connectivity index (χ0) is 22.8. The number of amides is 3. The molecule has 1 fully saturated rings. The second-order valence-corrected chi connectivity index (χ2v) is 9.36. The lowest BCUT2D eigenvalue weighted by Gasteiger charge is -2.27. The van der Waals surface area contributed by atoms with Crippen molar-refractivity contribution >= 4 is 63.0 Å². The first-order chi connectivity index (χ1) is 15.3. The van der Waals surface area contributed by atoms with Crippen LogP contribution in [-0.4, -0.2) is 33.6 Å². The zero-order valence-electron chi connectivity index (χ0n) is 16.5. The third-order valence-electron chi connectivity index (χ3n) is 5.08. The summed E-state index contributed by atoms with van der Waals surface area (Å²) in [6.07, 6.45) is -0.130. The molecule has 1 aliphatic rings. The SMILES string of the molecule is O=C1CC(N(Cc2cccs2)C(=O)c2ccc([N+](=O)[O-])cc2)C(=O)N1c1ccc(I)cc1. The topological polar surface area (TPSA) is 101 Å². The fourth-order valence-electron chi connectivity index (χ4n) is 3.51. The van der Waals surface area contributed by atoms with Gasteiger partial charge >= 0.3 is 0 Å². The molecule has 162 valence electrons. The number of non-ortho nitro benzene ring substituents is 1. The minimum absolute atomic E-state index is 0.130. The number of anilines is 1. The quantitative estimate of drug-likeness (QED) is 0.194. The molecule has 1 aromatic heterocycles. The summed E-state index contributed by atoms with van der Waals surface area (Å²) in [7, 11) is 0. The predicted molar refractivity (Wildman–Crippen MR) is 127 cm³/mol. The number of nitro benzene ring substituents is 1. The molecule has 1 atom stereocenters. The summed E-state index contributed by atoms with van der Waals surface area (Å²) >= 11 is 3.57. The molecule has 1 unspecified atom stereocenters. The summed E-state index contributed by atoms with van der Waals surface area (Å²) in [5.74, 6) is -1.32. The second-order valence-electron chi connectivity index (χ2n) is 7.08. The number of thiophene rings is 1. The Bertz CT molecular complexity index is 1180. The normalized spacial score (nSPS) is 15.8. The molecule has 10 heteroatoms. The standard InChI is InChI=1S/C22H16IN3O5S/c23-15-5-9-16(10-6-15)25-20(27)12-19(22(25)29)24(13-18-2-1-11-32-18)21(28)14-3-7-17(8-4-14)26(30)31/h1-11,19H,12-13H2. The Kier molecular flexibility index (Phi) is 6.33. The number of carbonyl (C=O) groups is 3. The molecule has 0 bridgehead atoms. The highest BCUT2D eigenvalue weighted by atomic mass is 127. The van der Waals surface area contributed by atoms with Gasteiger partial charge in [0.15, 0.2) is 0 Å². The molecule has 4 rings (SSSR count). The first kappa shape index (κ1) is 22.1. The maximum Gasteiger partial charge on any atom is 0.269 e. The maximum atomic E-state index is 13.4. The summed E-state index contributed by atoms with van der Waals surface area (Å²) in [6.45, 7) is 0.150. The molecule has 1 aliphatic heterocycles. The number of benzene rings is 2. The molecular formula is C22H16IN3O5S. The van der Waals surface area contributed by atoms with Gasteiger partial charge in [-0.05, 0) is 70.4 Å². The minimum Gasteiger partial charge on any atom is -0.321 e. The van der Waals surface area contributed by atoms with Gasteiger partial charge in [-0.1, -0.05) is 6.07 Å². The Labute approximate surface area is 200 Å². The Morgan fingerprint density at radius 3 is 2.41 bits per heavy atom. The maximum absolute atomic E-state index is 13.4. The highest BCUT2D eigenvalue weighted by molar-refractivity contribution is 14.1. The first-order valence-electron chi connectivity index (χ1n) is 9.55. The molecule has 2 heterocycles. The van der Waals surface area contributed by atoms with Crippen LogP contribution in [0.3, 0.4) is 0 Å². The van der Waals surface area contributed by atoms with Crippen molar-refractivity contribution < 1.29 is 19.3 Å². The van der Waals surface area contributed by atoms with E-state index in [1.54, 1.807) is 24.3 Å². The second kappa shape index (κ2) is 9.17.